The summed E-state index contributed by atoms with van der Waals surface area (Å²) in [4.78, 5) is 9.48. The molecule has 0 saturated carbocycles. The van der Waals surface area contributed by atoms with Crippen molar-refractivity contribution in [3.63, 3.8) is 0 Å². The molecule has 146 heavy (non-hydrogen) atoms. The summed E-state index contributed by atoms with van der Waals surface area (Å²) in [5.74, 6) is 0. The molecule has 682 valence electrons. The smallest absolute Gasteiger partial charge is 0.160 e. The van der Waals surface area contributed by atoms with Crippen molar-refractivity contribution in [2.24, 2.45) is 0 Å². The minimum absolute atomic E-state index is 0.727. The van der Waals surface area contributed by atoms with Crippen molar-refractivity contribution in [2.45, 2.75) is 0 Å². The molecule has 0 radical (unpaired) electrons. The van der Waals surface area contributed by atoms with Crippen LogP contribution in [0.5, 0.6) is 0 Å². The zero-order valence-corrected chi connectivity index (χ0v) is 78.6. The topological polar surface area (TPSA) is 91.8 Å². The van der Waals surface area contributed by atoms with E-state index in [-0.39, 0.29) is 0 Å². The van der Waals surface area contributed by atoms with Crippen LogP contribution >= 0.6 is 0 Å². The molecule has 24 aromatic carbocycles. The van der Waals surface area contributed by atoms with Gasteiger partial charge in [0.1, 0.15) is 44.7 Å². The Bertz CT molecular complexity index is 10600. The van der Waals surface area contributed by atoms with Gasteiger partial charge in [0.25, 0.3) is 0 Å². The molecule has 0 unspecified atom stereocenters. The first-order chi connectivity index (χ1) is 72.4. The zero-order valence-electron chi connectivity index (χ0n) is 78.6. The molecule has 10 heteroatoms. The summed E-state index contributed by atoms with van der Waals surface area (Å²) in [6, 6.07) is 178. The highest BCUT2D eigenvalue weighted by molar-refractivity contribution is 6.33. The molecule has 0 atom stereocenters. The van der Waals surface area contributed by atoms with Crippen molar-refractivity contribution < 1.29 is 26.5 Å². The average Bonchev–Trinajstić information content (AvgIpc) is 1.53. The summed E-state index contributed by atoms with van der Waals surface area (Å²) in [6.45, 7) is 0. The highest BCUT2D eigenvalue weighted by Crippen LogP contribution is 2.57. The van der Waals surface area contributed by atoms with Gasteiger partial charge < -0.3 is 46.1 Å². The average molecular weight is 1870 g/mol. The minimum Gasteiger partial charge on any atom is -0.456 e. The van der Waals surface area contributed by atoms with Gasteiger partial charge in [0, 0.05) is 133 Å². The lowest BCUT2D eigenvalue weighted by Crippen LogP contribution is -2.11. The third-order valence-electron chi connectivity index (χ3n) is 29.8. The third-order valence-corrected chi connectivity index (χ3v) is 29.8. The Kier molecular flexibility index (Phi) is 18.6. The van der Waals surface area contributed by atoms with Crippen LogP contribution in [0.3, 0.4) is 0 Å². The van der Waals surface area contributed by atoms with E-state index in [1.54, 1.807) is 0 Å². The molecule has 0 spiro atoms. The number of hydrogen-bond donors (Lipinski definition) is 0. The molecule has 0 aliphatic rings. The molecule has 0 amide bonds. The number of furan rings is 6. The largest absolute Gasteiger partial charge is 0.456 e. The van der Waals surface area contributed by atoms with Crippen LogP contribution in [0.25, 0.3) is 230 Å². The summed E-state index contributed by atoms with van der Waals surface area (Å²) in [5.41, 5.74) is 31.0. The van der Waals surface area contributed by atoms with Crippen LogP contribution < -0.4 is 19.6 Å². The van der Waals surface area contributed by atoms with E-state index in [0.717, 1.165) is 299 Å². The monoisotopic (exact) mass is 1870 g/mol. The molecule has 0 aliphatic carbocycles. The minimum atomic E-state index is 0.727. The maximum absolute atomic E-state index is 7.64. The molecule has 0 fully saturated rings. The second-order valence-electron chi connectivity index (χ2n) is 37.9. The Morgan fingerprint density at radius 1 is 0.116 bits per heavy atom. The summed E-state index contributed by atoms with van der Waals surface area (Å²) in [6.07, 6.45) is 0. The number of anilines is 12. The first-order valence-electron chi connectivity index (χ1n) is 49.5. The lowest BCUT2D eigenvalue weighted by Gasteiger charge is -2.28. The van der Waals surface area contributed by atoms with E-state index < -0.39 is 0 Å². The second-order valence-corrected chi connectivity index (χ2v) is 37.9. The molecule has 6 aromatic heterocycles. The Morgan fingerprint density at radius 3 is 0.747 bits per heavy atom. The summed E-state index contributed by atoms with van der Waals surface area (Å²) < 4.78 is 43.9. The number of rotatable bonds is 17. The van der Waals surface area contributed by atoms with Gasteiger partial charge >= 0.3 is 0 Å². The fraction of sp³-hybridized carbons (Fsp3) is 0. The molecule has 0 aliphatic heterocycles. The van der Waals surface area contributed by atoms with Gasteiger partial charge in [0.05, 0.1) is 45.5 Å². The van der Waals surface area contributed by atoms with Gasteiger partial charge in [0.2, 0.25) is 0 Å². The second kappa shape index (κ2) is 33.0. The molecule has 6 heterocycles. The summed E-state index contributed by atoms with van der Waals surface area (Å²) >= 11 is 0. The fourth-order valence-corrected chi connectivity index (χ4v) is 23.3. The van der Waals surface area contributed by atoms with Gasteiger partial charge in [-0.05, 0) is 180 Å². The van der Waals surface area contributed by atoms with Crippen molar-refractivity contribution in [3.05, 3.63) is 497 Å². The van der Waals surface area contributed by atoms with E-state index in [4.69, 9.17) is 26.5 Å². The summed E-state index contributed by atoms with van der Waals surface area (Å²) in [7, 11) is 0. The van der Waals surface area contributed by atoms with Crippen LogP contribution in [0.4, 0.5) is 68.2 Å². The van der Waals surface area contributed by atoms with Crippen LogP contribution in [0, 0.1) is 0 Å². The first-order valence-corrected chi connectivity index (χ1v) is 49.5. The van der Waals surface area contributed by atoms with Crippen molar-refractivity contribution >= 4 is 243 Å². The van der Waals surface area contributed by atoms with Gasteiger partial charge in [-0.2, -0.15) is 0 Å². The summed E-state index contributed by atoms with van der Waals surface area (Å²) in [5, 5.41) is 20.6. The van der Waals surface area contributed by atoms with Crippen molar-refractivity contribution in [1.82, 2.24) is 0 Å². The number of hydrogen-bond acceptors (Lipinski definition) is 10. The molecule has 0 N–H and O–H groups in total. The predicted octanol–water partition coefficient (Wildman–Crippen LogP) is 39.9. The van der Waals surface area contributed by atoms with Crippen LogP contribution in [-0.2, 0) is 0 Å². The molecule has 10 nitrogen and oxygen atoms in total. The van der Waals surface area contributed by atoms with Gasteiger partial charge in [0.15, 0.2) is 22.3 Å². The van der Waals surface area contributed by atoms with E-state index in [9.17, 15) is 0 Å². The van der Waals surface area contributed by atoms with E-state index in [1.807, 2.05) is 18.2 Å². The normalized spacial score (nSPS) is 12.0. The van der Waals surface area contributed by atoms with Crippen LogP contribution in [0.2, 0.25) is 0 Å². The van der Waals surface area contributed by atoms with Crippen LogP contribution in [-0.4, -0.2) is 0 Å². The van der Waals surface area contributed by atoms with Crippen molar-refractivity contribution in [1.29, 1.82) is 0 Å². The number of benzene rings is 24. The Labute approximate surface area is 836 Å². The van der Waals surface area contributed by atoms with Gasteiger partial charge in [-0.1, -0.05) is 370 Å². The van der Waals surface area contributed by atoms with Gasteiger partial charge in [-0.15, -0.1) is 0 Å². The highest BCUT2D eigenvalue weighted by Gasteiger charge is 2.33. The number of fused-ring (bicyclic) bond motifs is 26. The van der Waals surface area contributed by atoms with E-state index in [0.29, 0.717) is 0 Å². The van der Waals surface area contributed by atoms with Crippen LogP contribution in [0.15, 0.2) is 524 Å². The first kappa shape index (κ1) is 82.2. The number of para-hydroxylation sites is 7. The van der Waals surface area contributed by atoms with Crippen molar-refractivity contribution in [3.8, 4) is 55.6 Å². The maximum Gasteiger partial charge on any atom is 0.160 e. The van der Waals surface area contributed by atoms with Gasteiger partial charge in [-0.3, -0.25) is 0 Å². The van der Waals surface area contributed by atoms with Crippen molar-refractivity contribution in [2.75, 3.05) is 19.6 Å². The lowest BCUT2D eigenvalue weighted by molar-refractivity contribution is 0.667. The molecular formula is C136H82N4O6. The standard InChI is InChI=1S/C136H82N4O6/c1-4-32-83(33-5-1)86-66-70-92(71-67-86)137(112-59-29-56-108-101-48-18-22-62-120(101)143-133(108)112)116-79-124-129(104-51-14-10-44-97(104)116)130-105-52-15-11-45-98(105)117(80-125(130)141-124)138(93-72-68-87(69-73-93)84-34-6-2-7-35-84)115-75-74-96(128-111-55-21-25-65-123(111)146-136(115)128)91-41-26-38-88(76-91)90-40-28-43-95(78-90)140(114-61-31-58-110-103-50-20-24-64-122(103)145-135(110)114)119-82-127-132(107-54-17-13-47-100(107)119)131-106-53-16-12-46-99(106)118(81-126(131)142-127)139(94-42-27-39-89(77-94)85-36-8-3-9-37-85)113-60-30-57-109-102-49-19-23-63-121(102)144-134(109)113/h1-82H. The molecular weight excluding hydrogens is 1790 g/mol. The fourth-order valence-electron chi connectivity index (χ4n) is 23.3. The molecule has 30 rings (SSSR count). The molecule has 0 saturated heterocycles. The van der Waals surface area contributed by atoms with E-state index in [1.165, 1.54) is 0 Å². The van der Waals surface area contributed by atoms with E-state index >= 15 is 0 Å². The van der Waals surface area contributed by atoms with Gasteiger partial charge in [-0.25, -0.2) is 0 Å². The molecule has 30 aromatic rings. The predicted molar refractivity (Wildman–Crippen MR) is 606 cm³/mol. The Balaban J connectivity index is 0.580. The Morgan fingerprint density at radius 2 is 0.370 bits per heavy atom. The molecule has 0 bridgehead atoms. The lowest BCUT2D eigenvalue weighted by atomic mass is 9.94. The number of nitrogens with zero attached hydrogens (tertiary/aromatic N) is 4. The van der Waals surface area contributed by atoms with Crippen LogP contribution in [0.1, 0.15) is 0 Å². The quantitative estimate of drug-likeness (QED) is 0.0878. The SMILES string of the molecule is c1ccc(-c2ccc(N(c3cc4oc5cc(N(c6ccc(-c7ccccc7)cc6)c6ccc(-c7cccc(-c8cccc(N(c9cc%10oc%11cc(N(c%12cccc(-c%13ccccc%13)c%12)c%12cccc%13c%12oc%12ccccc%12%13)c%12ccccc%12c%11c%10c%10ccccc9%10)c9cccc%10c9oc9ccccc9%10)c8)c7)c7c6oc6ccccc67)c6ccccc6c5c4c4ccccc34)c3cccc4c3oc3ccccc34)cc2)cc1. The zero-order chi connectivity index (χ0) is 95.7. The Hall–Kier alpha value is -19.7. The van der Waals surface area contributed by atoms with E-state index in [2.05, 4.69) is 499 Å². The highest BCUT2D eigenvalue weighted by atomic mass is 16.4. The maximum atomic E-state index is 7.64. The third kappa shape index (κ3) is 13.0.